The molecule has 3 aliphatic rings. The van der Waals surface area contributed by atoms with Crippen molar-refractivity contribution in [1.29, 1.82) is 0 Å². The van der Waals surface area contributed by atoms with E-state index in [0.29, 0.717) is 0 Å². The molecule has 16 heavy (non-hydrogen) atoms. The molecule has 1 aromatic rings. The Bertz CT molecular complexity index is 395. The second-order valence-electron chi connectivity index (χ2n) is 4.76. The van der Waals surface area contributed by atoms with Gasteiger partial charge in [0.25, 0.3) is 0 Å². The highest BCUT2D eigenvalue weighted by atomic mass is 32.2. The lowest BCUT2D eigenvalue weighted by Gasteiger charge is -2.69. The fraction of sp³-hybridized carbons (Fsp3) is 0.545. The Morgan fingerprint density at radius 2 is 1.88 bits per heavy atom. The van der Waals surface area contributed by atoms with Crippen molar-refractivity contribution >= 4 is 11.8 Å². The summed E-state index contributed by atoms with van der Waals surface area (Å²) in [6.45, 7) is 0. The SMILES string of the molecule is FC(F)(F)C12CC(Sc3ccccn3)(C1)C2. The third-order valence-electron chi connectivity index (χ3n) is 3.54. The molecule has 1 nitrogen and oxygen atoms in total. The summed E-state index contributed by atoms with van der Waals surface area (Å²) >= 11 is 1.50. The van der Waals surface area contributed by atoms with Crippen LogP contribution in [0.5, 0.6) is 0 Å². The second kappa shape index (κ2) is 2.94. The highest BCUT2D eigenvalue weighted by molar-refractivity contribution is 8.00. The van der Waals surface area contributed by atoms with Crippen molar-refractivity contribution in [3.8, 4) is 0 Å². The van der Waals surface area contributed by atoms with Gasteiger partial charge in [0.05, 0.1) is 10.4 Å². The van der Waals surface area contributed by atoms with Crippen molar-refractivity contribution in [2.45, 2.75) is 35.2 Å². The Morgan fingerprint density at radius 3 is 2.38 bits per heavy atom. The first-order chi connectivity index (χ1) is 7.45. The number of halogens is 3. The van der Waals surface area contributed by atoms with E-state index in [-0.39, 0.29) is 24.0 Å². The van der Waals surface area contributed by atoms with Crippen LogP contribution in [0.3, 0.4) is 0 Å². The van der Waals surface area contributed by atoms with E-state index >= 15 is 0 Å². The molecular formula is C11H10F3NS. The van der Waals surface area contributed by atoms with E-state index in [1.54, 1.807) is 6.20 Å². The zero-order valence-corrected chi connectivity index (χ0v) is 9.24. The third-order valence-corrected chi connectivity index (χ3v) is 4.86. The number of rotatable bonds is 2. The minimum Gasteiger partial charge on any atom is -0.250 e. The van der Waals surface area contributed by atoms with Crippen molar-refractivity contribution in [3.63, 3.8) is 0 Å². The summed E-state index contributed by atoms with van der Waals surface area (Å²) in [5.41, 5.74) is -1.35. The molecule has 2 bridgehead atoms. The standard InChI is InChI=1S/C11H10F3NS/c12-11(13,14)9-5-10(6-9,7-9)16-8-3-1-2-4-15-8/h1-4H,5-7H2. The predicted molar refractivity (Wildman–Crippen MR) is 55.2 cm³/mol. The maximum atomic E-state index is 12.6. The molecule has 0 aliphatic heterocycles. The van der Waals surface area contributed by atoms with Crippen LogP contribution in [0.4, 0.5) is 13.2 Å². The van der Waals surface area contributed by atoms with Crippen LogP contribution in [0.2, 0.25) is 0 Å². The van der Waals surface area contributed by atoms with E-state index in [1.807, 2.05) is 18.2 Å². The Morgan fingerprint density at radius 1 is 1.19 bits per heavy atom. The van der Waals surface area contributed by atoms with E-state index in [1.165, 1.54) is 11.8 Å². The van der Waals surface area contributed by atoms with Crippen molar-refractivity contribution in [3.05, 3.63) is 24.4 Å². The van der Waals surface area contributed by atoms with Crippen LogP contribution in [0.1, 0.15) is 19.3 Å². The van der Waals surface area contributed by atoms with Crippen molar-refractivity contribution in [1.82, 2.24) is 4.98 Å². The zero-order valence-electron chi connectivity index (χ0n) is 8.42. The van der Waals surface area contributed by atoms with Crippen LogP contribution in [0.15, 0.2) is 29.4 Å². The smallest absolute Gasteiger partial charge is 0.250 e. The molecule has 1 aromatic heterocycles. The van der Waals surface area contributed by atoms with Gasteiger partial charge in [0.15, 0.2) is 0 Å². The maximum absolute atomic E-state index is 12.6. The number of hydrogen-bond donors (Lipinski definition) is 0. The van der Waals surface area contributed by atoms with Gasteiger partial charge in [-0.15, -0.1) is 0 Å². The Labute approximate surface area is 95.4 Å². The summed E-state index contributed by atoms with van der Waals surface area (Å²) in [5, 5.41) is 0.831. The molecule has 0 saturated heterocycles. The van der Waals surface area contributed by atoms with Crippen molar-refractivity contribution < 1.29 is 13.2 Å². The third kappa shape index (κ3) is 1.30. The highest BCUT2D eigenvalue weighted by Gasteiger charge is 2.78. The summed E-state index contributed by atoms with van der Waals surface area (Å²) in [6, 6.07) is 5.52. The molecule has 4 rings (SSSR count). The average Bonchev–Trinajstić information content (AvgIpc) is 2.08. The molecule has 0 radical (unpaired) electrons. The minimum absolute atomic E-state index is 0.177. The van der Waals surface area contributed by atoms with E-state index in [2.05, 4.69) is 4.98 Å². The van der Waals surface area contributed by atoms with Crippen LogP contribution < -0.4 is 0 Å². The summed E-state index contributed by atoms with van der Waals surface area (Å²) in [6.07, 6.45) is -1.53. The lowest BCUT2D eigenvalue weighted by atomic mass is 9.43. The first kappa shape index (κ1) is 10.4. The van der Waals surface area contributed by atoms with Crippen molar-refractivity contribution in [2.24, 2.45) is 5.41 Å². The molecule has 0 unspecified atom stereocenters. The molecule has 0 N–H and O–H groups in total. The number of pyridine rings is 1. The molecular weight excluding hydrogens is 235 g/mol. The van der Waals surface area contributed by atoms with E-state index in [9.17, 15) is 13.2 Å². The first-order valence-electron chi connectivity index (χ1n) is 5.12. The van der Waals surface area contributed by atoms with Gasteiger partial charge in [-0.2, -0.15) is 13.2 Å². The van der Waals surface area contributed by atoms with Crippen LogP contribution in [0, 0.1) is 5.41 Å². The Balaban J connectivity index is 1.67. The first-order valence-corrected chi connectivity index (χ1v) is 5.93. The largest absolute Gasteiger partial charge is 0.394 e. The number of aromatic nitrogens is 1. The van der Waals surface area contributed by atoms with Crippen LogP contribution in [0.25, 0.3) is 0 Å². The molecule has 1 heterocycles. The lowest BCUT2D eigenvalue weighted by Crippen LogP contribution is -2.70. The second-order valence-corrected chi connectivity index (χ2v) is 6.25. The van der Waals surface area contributed by atoms with Crippen LogP contribution >= 0.6 is 11.8 Å². The van der Waals surface area contributed by atoms with E-state index in [0.717, 1.165) is 5.03 Å². The van der Waals surface area contributed by atoms with Gasteiger partial charge < -0.3 is 0 Å². The molecule has 0 aromatic carbocycles. The van der Waals surface area contributed by atoms with Gasteiger partial charge in [-0.1, -0.05) is 17.8 Å². The molecule has 5 heteroatoms. The number of hydrogen-bond acceptors (Lipinski definition) is 2. The fourth-order valence-corrected chi connectivity index (χ4v) is 4.48. The highest BCUT2D eigenvalue weighted by Crippen LogP contribution is 2.78. The summed E-state index contributed by atoms with van der Waals surface area (Å²) < 4.78 is 37.6. The summed E-state index contributed by atoms with van der Waals surface area (Å²) in [7, 11) is 0. The molecule has 0 amide bonds. The summed E-state index contributed by atoms with van der Waals surface area (Å²) in [5.74, 6) is 0. The molecule has 0 spiro atoms. The number of alkyl halides is 3. The molecule has 0 atom stereocenters. The van der Waals surface area contributed by atoms with Gasteiger partial charge in [-0.25, -0.2) is 4.98 Å². The maximum Gasteiger partial charge on any atom is 0.394 e. The zero-order chi connectivity index (χ0) is 11.4. The van der Waals surface area contributed by atoms with Gasteiger partial charge in [-0.3, -0.25) is 0 Å². The van der Waals surface area contributed by atoms with Gasteiger partial charge in [-0.05, 0) is 31.4 Å². The van der Waals surface area contributed by atoms with E-state index < -0.39 is 11.6 Å². The topological polar surface area (TPSA) is 12.9 Å². The monoisotopic (exact) mass is 245 g/mol. The predicted octanol–water partition coefficient (Wildman–Crippen LogP) is 3.66. The Kier molecular flexibility index (Phi) is 1.92. The quantitative estimate of drug-likeness (QED) is 0.788. The molecule has 3 saturated carbocycles. The fourth-order valence-electron chi connectivity index (χ4n) is 2.73. The average molecular weight is 245 g/mol. The van der Waals surface area contributed by atoms with E-state index in [4.69, 9.17) is 0 Å². The number of nitrogens with zero attached hydrogens (tertiary/aromatic N) is 1. The number of thioether (sulfide) groups is 1. The molecule has 3 aliphatic carbocycles. The minimum atomic E-state index is -4.01. The van der Waals surface area contributed by atoms with Crippen LogP contribution in [-0.4, -0.2) is 15.9 Å². The van der Waals surface area contributed by atoms with Gasteiger partial charge in [0.1, 0.15) is 0 Å². The van der Waals surface area contributed by atoms with Crippen molar-refractivity contribution in [2.75, 3.05) is 0 Å². The summed E-state index contributed by atoms with van der Waals surface area (Å²) in [4.78, 5) is 4.14. The lowest BCUT2D eigenvalue weighted by molar-refractivity contribution is -0.313. The van der Waals surface area contributed by atoms with Gasteiger partial charge >= 0.3 is 6.18 Å². The molecule has 3 fully saturated rings. The normalized spacial score (nSPS) is 36.4. The molecule has 86 valence electrons. The Hall–Kier alpha value is -0.710. The van der Waals surface area contributed by atoms with Gasteiger partial charge in [0.2, 0.25) is 0 Å². The van der Waals surface area contributed by atoms with Gasteiger partial charge in [0, 0.05) is 10.9 Å². The van der Waals surface area contributed by atoms with Crippen LogP contribution in [-0.2, 0) is 0 Å².